The first-order valence-corrected chi connectivity index (χ1v) is 7.89. The van der Waals surface area contributed by atoms with Gasteiger partial charge in [0.2, 0.25) is 15.9 Å². The first kappa shape index (κ1) is 15.6. The molecule has 10 heteroatoms. The Hall–Kier alpha value is -1.78. The standard InChI is InChI=1S/C11H10BrN3O5S/c1-6-14-10(20-15-6)5-13-21(18,19)9-3-2-7(11(16)17)4-8(9)12/h2-4,13H,5H2,1H3,(H,16,17). The monoisotopic (exact) mass is 375 g/mol. The SMILES string of the molecule is Cc1noc(CNS(=O)(=O)c2ccc(C(=O)O)cc2Br)n1. The van der Waals surface area contributed by atoms with E-state index < -0.39 is 16.0 Å². The van der Waals surface area contributed by atoms with E-state index in [0.29, 0.717) is 5.82 Å². The summed E-state index contributed by atoms with van der Waals surface area (Å²) < 4.78 is 31.5. The van der Waals surface area contributed by atoms with Crippen LogP contribution in [0.15, 0.2) is 32.1 Å². The molecular formula is C11H10BrN3O5S. The van der Waals surface area contributed by atoms with Gasteiger partial charge in [0, 0.05) is 4.47 Å². The van der Waals surface area contributed by atoms with Crippen LogP contribution in [0.2, 0.25) is 0 Å². The minimum absolute atomic E-state index is 0.0200. The maximum atomic E-state index is 12.1. The van der Waals surface area contributed by atoms with E-state index in [1.807, 2.05) is 0 Å². The molecule has 0 aliphatic rings. The van der Waals surface area contributed by atoms with Crippen LogP contribution in [0.1, 0.15) is 22.1 Å². The summed E-state index contributed by atoms with van der Waals surface area (Å²) in [5, 5.41) is 12.4. The second-order valence-corrected chi connectivity index (χ2v) is 6.60. The quantitative estimate of drug-likeness (QED) is 0.807. The van der Waals surface area contributed by atoms with Crippen LogP contribution in [-0.2, 0) is 16.6 Å². The lowest BCUT2D eigenvalue weighted by Gasteiger charge is -2.07. The number of carboxylic acid groups (broad SMARTS) is 1. The third kappa shape index (κ3) is 3.65. The summed E-state index contributed by atoms with van der Waals surface area (Å²) >= 11 is 3.05. The first-order chi connectivity index (χ1) is 9.79. The van der Waals surface area contributed by atoms with E-state index in [1.54, 1.807) is 6.92 Å². The predicted molar refractivity (Wildman–Crippen MR) is 74.2 cm³/mol. The fraction of sp³-hybridized carbons (Fsp3) is 0.182. The summed E-state index contributed by atoms with van der Waals surface area (Å²) in [5.74, 6) is -0.612. The number of aromatic carboxylic acids is 1. The molecular weight excluding hydrogens is 366 g/mol. The van der Waals surface area contributed by atoms with Crippen LogP contribution < -0.4 is 4.72 Å². The summed E-state index contributed by atoms with van der Waals surface area (Å²) in [6.07, 6.45) is 0. The topological polar surface area (TPSA) is 122 Å². The molecule has 0 amide bonds. The zero-order valence-electron chi connectivity index (χ0n) is 10.7. The highest BCUT2D eigenvalue weighted by atomic mass is 79.9. The Labute approximate surface area is 128 Å². The van der Waals surface area contributed by atoms with E-state index in [1.165, 1.54) is 18.2 Å². The smallest absolute Gasteiger partial charge is 0.335 e. The van der Waals surface area contributed by atoms with Crippen LogP contribution in [0.5, 0.6) is 0 Å². The Morgan fingerprint density at radius 3 is 2.71 bits per heavy atom. The number of sulfonamides is 1. The van der Waals surface area contributed by atoms with E-state index in [9.17, 15) is 13.2 Å². The van der Waals surface area contributed by atoms with Crippen LogP contribution in [0.25, 0.3) is 0 Å². The molecule has 0 atom stereocenters. The molecule has 2 rings (SSSR count). The van der Waals surface area contributed by atoms with Crippen molar-refractivity contribution in [3.8, 4) is 0 Å². The highest BCUT2D eigenvalue weighted by Crippen LogP contribution is 2.23. The fourth-order valence-electron chi connectivity index (χ4n) is 1.50. The number of carboxylic acids is 1. The van der Waals surface area contributed by atoms with Crippen molar-refractivity contribution in [1.82, 2.24) is 14.9 Å². The Morgan fingerprint density at radius 2 is 2.19 bits per heavy atom. The molecule has 112 valence electrons. The second kappa shape index (κ2) is 5.92. The number of carbonyl (C=O) groups is 1. The second-order valence-electron chi connectivity index (χ2n) is 4.01. The Kier molecular flexibility index (Phi) is 4.40. The van der Waals surface area contributed by atoms with Gasteiger partial charge in [0.05, 0.1) is 17.0 Å². The van der Waals surface area contributed by atoms with Gasteiger partial charge in [-0.1, -0.05) is 5.16 Å². The van der Waals surface area contributed by atoms with Gasteiger partial charge < -0.3 is 9.63 Å². The number of rotatable bonds is 5. The average molecular weight is 376 g/mol. The van der Waals surface area contributed by atoms with Crippen molar-refractivity contribution in [2.45, 2.75) is 18.4 Å². The van der Waals surface area contributed by atoms with Gasteiger partial charge in [-0.3, -0.25) is 0 Å². The highest BCUT2D eigenvalue weighted by molar-refractivity contribution is 9.10. The number of aromatic nitrogens is 2. The molecule has 0 saturated carbocycles. The molecule has 0 spiro atoms. The number of benzene rings is 1. The molecule has 2 N–H and O–H groups in total. The third-order valence-corrected chi connectivity index (χ3v) is 4.83. The third-order valence-electron chi connectivity index (χ3n) is 2.45. The molecule has 0 bridgehead atoms. The highest BCUT2D eigenvalue weighted by Gasteiger charge is 2.20. The van der Waals surface area contributed by atoms with Crippen molar-refractivity contribution in [2.75, 3.05) is 0 Å². The van der Waals surface area contributed by atoms with Gasteiger partial charge in [-0.2, -0.15) is 4.98 Å². The summed E-state index contributed by atoms with van der Waals surface area (Å²) in [7, 11) is -3.84. The van der Waals surface area contributed by atoms with Crippen LogP contribution in [0, 0.1) is 6.92 Å². The van der Waals surface area contributed by atoms with Gasteiger partial charge in [-0.05, 0) is 41.1 Å². The molecule has 1 aromatic heterocycles. The van der Waals surface area contributed by atoms with Gasteiger partial charge in [-0.25, -0.2) is 17.9 Å². The first-order valence-electron chi connectivity index (χ1n) is 5.61. The van der Waals surface area contributed by atoms with Gasteiger partial charge in [0.25, 0.3) is 0 Å². The summed E-state index contributed by atoms with van der Waals surface area (Å²) in [4.78, 5) is 14.6. The molecule has 1 aromatic carbocycles. The number of hydrogen-bond donors (Lipinski definition) is 2. The maximum Gasteiger partial charge on any atom is 0.335 e. The molecule has 0 saturated heterocycles. The number of nitrogens with one attached hydrogen (secondary N) is 1. The zero-order chi connectivity index (χ0) is 15.6. The van der Waals surface area contributed by atoms with Crippen LogP contribution >= 0.6 is 15.9 Å². The number of aryl methyl sites for hydroxylation is 1. The lowest BCUT2D eigenvalue weighted by atomic mass is 10.2. The zero-order valence-corrected chi connectivity index (χ0v) is 13.1. The molecule has 0 aliphatic heterocycles. The van der Waals surface area contributed by atoms with E-state index >= 15 is 0 Å². The lowest BCUT2D eigenvalue weighted by molar-refractivity contribution is 0.0696. The Balaban J connectivity index is 2.21. The predicted octanol–water partition coefficient (Wildman–Crippen LogP) is 1.32. The molecule has 21 heavy (non-hydrogen) atoms. The van der Waals surface area contributed by atoms with E-state index in [4.69, 9.17) is 9.63 Å². The number of hydrogen-bond acceptors (Lipinski definition) is 6. The van der Waals surface area contributed by atoms with E-state index in [0.717, 1.165) is 0 Å². The molecule has 0 unspecified atom stereocenters. The maximum absolute atomic E-state index is 12.1. The Bertz CT molecular complexity index is 787. The number of nitrogens with zero attached hydrogens (tertiary/aromatic N) is 2. The van der Waals surface area contributed by atoms with Crippen molar-refractivity contribution >= 4 is 31.9 Å². The Morgan fingerprint density at radius 1 is 1.48 bits per heavy atom. The average Bonchev–Trinajstić information content (AvgIpc) is 2.82. The van der Waals surface area contributed by atoms with Crippen LogP contribution in [-0.4, -0.2) is 29.6 Å². The van der Waals surface area contributed by atoms with Crippen molar-refractivity contribution in [3.05, 3.63) is 40.0 Å². The van der Waals surface area contributed by atoms with Crippen molar-refractivity contribution in [3.63, 3.8) is 0 Å². The minimum Gasteiger partial charge on any atom is -0.478 e. The van der Waals surface area contributed by atoms with Crippen molar-refractivity contribution in [2.24, 2.45) is 0 Å². The van der Waals surface area contributed by atoms with Crippen LogP contribution in [0.4, 0.5) is 0 Å². The largest absolute Gasteiger partial charge is 0.478 e. The molecule has 1 heterocycles. The summed E-state index contributed by atoms with van der Waals surface area (Å²) in [6, 6.07) is 3.63. The molecule has 0 fully saturated rings. The van der Waals surface area contributed by atoms with E-state index in [2.05, 4.69) is 30.8 Å². The fourth-order valence-corrected chi connectivity index (χ4v) is 3.55. The van der Waals surface area contributed by atoms with Crippen molar-refractivity contribution < 1.29 is 22.8 Å². The van der Waals surface area contributed by atoms with Gasteiger partial charge in [0.1, 0.15) is 0 Å². The lowest BCUT2D eigenvalue weighted by Crippen LogP contribution is -2.24. The van der Waals surface area contributed by atoms with E-state index in [-0.39, 0.29) is 27.4 Å². The van der Waals surface area contributed by atoms with Crippen molar-refractivity contribution in [1.29, 1.82) is 0 Å². The molecule has 0 radical (unpaired) electrons. The summed E-state index contributed by atoms with van der Waals surface area (Å²) in [5.41, 5.74) is -0.0200. The minimum atomic E-state index is -3.84. The number of halogens is 1. The molecule has 2 aromatic rings. The summed E-state index contributed by atoms with van der Waals surface area (Å²) in [6.45, 7) is 1.46. The van der Waals surface area contributed by atoms with Gasteiger partial charge in [0.15, 0.2) is 5.82 Å². The van der Waals surface area contributed by atoms with Crippen LogP contribution in [0.3, 0.4) is 0 Å². The van der Waals surface area contributed by atoms with Gasteiger partial charge in [-0.15, -0.1) is 0 Å². The molecule has 0 aliphatic carbocycles. The molecule has 8 nitrogen and oxygen atoms in total. The normalized spacial score (nSPS) is 11.5. The van der Waals surface area contributed by atoms with Gasteiger partial charge >= 0.3 is 5.97 Å².